The van der Waals surface area contributed by atoms with Crippen molar-refractivity contribution < 1.29 is 4.39 Å². The Bertz CT molecular complexity index is 453. The number of halogens is 1. The second-order valence-electron chi connectivity index (χ2n) is 4.93. The van der Waals surface area contributed by atoms with E-state index < -0.39 is 0 Å². The van der Waals surface area contributed by atoms with Crippen molar-refractivity contribution in [2.45, 2.75) is 13.5 Å². The Kier molecular flexibility index (Phi) is 4.50. The lowest BCUT2D eigenvalue weighted by atomic mass is 10.1. The molecule has 0 atom stereocenters. The number of nitrogens with one attached hydrogen (secondary N) is 1. The number of amidine groups is 1. The maximum absolute atomic E-state index is 13.9. The molecule has 19 heavy (non-hydrogen) atoms. The van der Waals surface area contributed by atoms with Gasteiger partial charge in [-0.25, -0.2) is 4.39 Å². The SMILES string of the molecule is CCN1CCN(Cc2ccc(C(=N)N)cc2F)CC1. The van der Waals surface area contributed by atoms with E-state index in [0.717, 1.165) is 32.7 Å². The van der Waals surface area contributed by atoms with E-state index in [9.17, 15) is 4.39 Å². The number of piperazine rings is 1. The molecule has 1 fully saturated rings. The molecule has 4 nitrogen and oxygen atoms in total. The topological polar surface area (TPSA) is 56.4 Å². The molecule has 1 aliphatic rings. The van der Waals surface area contributed by atoms with Crippen molar-refractivity contribution in [3.05, 3.63) is 35.1 Å². The molecular weight excluding hydrogens is 243 g/mol. The minimum atomic E-state index is -0.273. The highest BCUT2D eigenvalue weighted by Crippen LogP contribution is 2.14. The third-order valence-corrected chi connectivity index (χ3v) is 3.67. The minimum Gasteiger partial charge on any atom is -0.384 e. The standard InChI is InChI=1S/C14H21FN4/c1-2-18-5-7-19(8-6-18)10-12-4-3-11(14(16)17)9-13(12)15/h3-4,9H,2,5-8,10H2,1H3,(H3,16,17). The molecule has 1 aromatic carbocycles. The Balaban J connectivity index is 1.98. The molecule has 0 bridgehead atoms. The summed E-state index contributed by atoms with van der Waals surface area (Å²) in [4.78, 5) is 4.66. The number of hydrogen-bond acceptors (Lipinski definition) is 3. The molecule has 3 N–H and O–H groups in total. The summed E-state index contributed by atoms with van der Waals surface area (Å²) >= 11 is 0. The zero-order valence-corrected chi connectivity index (χ0v) is 11.3. The van der Waals surface area contributed by atoms with Crippen molar-refractivity contribution in [2.75, 3.05) is 32.7 Å². The molecule has 2 rings (SSSR count). The average Bonchev–Trinajstić information content (AvgIpc) is 2.41. The van der Waals surface area contributed by atoms with Crippen molar-refractivity contribution in [1.82, 2.24) is 9.80 Å². The molecular formula is C14H21FN4. The molecule has 0 saturated carbocycles. The Morgan fingerprint density at radius 3 is 2.42 bits per heavy atom. The first-order valence-corrected chi connectivity index (χ1v) is 6.67. The third-order valence-electron chi connectivity index (χ3n) is 3.67. The summed E-state index contributed by atoms with van der Waals surface area (Å²) in [6, 6.07) is 4.79. The van der Waals surface area contributed by atoms with Gasteiger partial charge < -0.3 is 10.6 Å². The lowest BCUT2D eigenvalue weighted by molar-refractivity contribution is 0.131. The van der Waals surface area contributed by atoms with Gasteiger partial charge in [-0.2, -0.15) is 0 Å². The molecule has 0 unspecified atom stereocenters. The quantitative estimate of drug-likeness (QED) is 0.635. The molecule has 0 amide bonds. The predicted octanol–water partition coefficient (Wildman–Crippen LogP) is 1.25. The summed E-state index contributed by atoms with van der Waals surface area (Å²) in [5.74, 6) is -0.368. The van der Waals surface area contributed by atoms with E-state index in [4.69, 9.17) is 11.1 Å². The van der Waals surface area contributed by atoms with Gasteiger partial charge in [0.1, 0.15) is 11.7 Å². The van der Waals surface area contributed by atoms with Gasteiger partial charge in [0.15, 0.2) is 0 Å². The average molecular weight is 264 g/mol. The van der Waals surface area contributed by atoms with Gasteiger partial charge in [-0.3, -0.25) is 10.3 Å². The maximum atomic E-state index is 13.9. The zero-order chi connectivity index (χ0) is 13.8. The van der Waals surface area contributed by atoms with Crippen LogP contribution in [0.25, 0.3) is 0 Å². The van der Waals surface area contributed by atoms with E-state index in [1.807, 2.05) is 0 Å². The molecule has 0 aromatic heterocycles. The van der Waals surface area contributed by atoms with Crippen molar-refractivity contribution in [3.8, 4) is 0 Å². The number of nitrogens with zero attached hydrogens (tertiary/aromatic N) is 2. The maximum Gasteiger partial charge on any atom is 0.128 e. The van der Waals surface area contributed by atoms with E-state index in [0.29, 0.717) is 17.7 Å². The summed E-state index contributed by atoms with van der Waals surface area (Å²) in [6.45, 7) is 7.91. The van der Waals surface area contributed by atoms with Crippen LogP contribution in [-0.2, 0) is 6.54 Å². The molecule has 1 heterocycles. The number of hydrogen-bond donors (Lipinski definition) is 2. The number of nitrogens with two attached hydrogens (primary N) is 1. The van der Waals surface area contributed by atoms with E-state index >= 15 is 0 Å². The van der Waals surface area contributed by atoms with E-state index in [2.05, 4.69) is 16.7 Å². The van der Waals surface area contributed by atoms with Gasteiger partial charge in [0.25, 0.3) is 0 Å². The monoisotopic (exact) mass is 264 g/mol. The van der Waals surface area contributed by atoms with Crippen molar-refractivity contribution in [1.29, 1.82) is 5.41 Å². The summed E-state index contributed by atoms with van der Waals surface area (Å²) in [7, 11) is 0. The molecule has 1 aliphatic heterocycles. The summed E-state index contributed by atoms with van der Waals surface area (Å²) in [6.07, 6.45) is 0. The minimum absolute atomic E-state index is 0.0954. The number of likely N-dealkylation sites (N-methyl/N-ethyl adjacent to an activating group) is 1. The first kappa shape index (κ1) is 14.0. The largest absolute Gasteiger partial charge is 0.384 e. The van der Waals surface area contributed by atoms with Gasteiger partial charge in [0.05, 0.1) is 0 Å². The van der Waals surface area contributed by atoms with Gasteiger partial charge >= 0.3 is 0 Å². The van der Waals surface area contributed by atoms with Crippen molar-refractivity contribution in [3.63, 3.8) is 0 Å². The Morgan fingerprint density at radius 1 is 1.26 bits per heavy atom. The normalized spacial score (nSPS) is 17.6. The summed E-state index contributed by atoms with van der Waals surface area (Å²) < 4.78 is 13.9. The molecule has 0 radical (unpaired) electrons. The number of benzene rings is 1. The smallest absolute Gasteiger partial charge is 0.128 e. The van der Waals surface area contributed by atoms with Crippen LogP contribution in [0, 0.1) is 11.2 Å². The predicted molar refractivity (Wildman–Crippen MR) is 74.8 cm³/mol. The molecule has 104 valence electrons. The Hall–Kier alpha value is -1.46. The van der Waals surface area contributed by atoms with Crippen LogP contribution in [0.5, 0.6) is 0 Å². The second-order valence-corrected chi connectivity index (χ2v) is 4.93. The zero-order valence-electron chi connectivity index (χ0n) is 11.3. The van der Waals surface area contributed by atoms with Crippen LogP contribution in [0.4, 0.5) is 4.39 Å². The highest BCUT2D eigenvalue weighted by Gasteiger charge is 2.17. The van der Waals surface area contributed by atoms with Crippen LogP contribution in [0.15, 0.2) is 18.2 Å². The van der Waals surface area contributed by atoms with Crippen molar-refractivity contribution in [2.24, 2.45) is 5.73 Å². The van der Waals surface area contributed by atoms with Gasteiger partial charge in [0, 0.05) is 43.9 Å². The molecule has 0 aliphatic carbocycles. The first-order chi connectivity index (χ1) is 9.10. The van der Waals surface area contributed by atoms with Crippen LogP contribution in [0.2, 0.25) is 0 Å². The fraction of sp³-hybridized carbons (Fsp3) is 0.500. The van der Waals surface area contributed by atoms with Crippen LogP contribution < -0.4 is 5.73 Å². The molecule has 1 aromatic rings. The first-order valence-electron chi connectivity index (χ1n) is 6.67. The van der Waals surface area contributed by atoms with E-state index in [1.54, 1.807) is 12.1 Å². The molecule has 5 heteroatoms. The summed E-state index contributed by atoms with van der Waals surface area (Å²) in [5.41, 5.74) is 6.47. The van der Waals surface area contributed by atoms with Crippen LogP contribution in [0.1, 0.15) is 18.1 Å². The molecule has 0 spiro atoms. The fourth-order valence-corrected chi connectivity index (χ4v) is 2.35. The molecule has 1 saturated heterocycles. The third kappa shape index (κ3) is 3.52. The number of rotatable bonds is 4. The highest BCUT2D eigenvalue weighted by molar-refractivity contribution is 5.94. The Labute approximate surface area is 113 Å². The Morgan fingerprint density at radius 2 is 1.89 bits per heavy atom. The van der Waals surface area contributed by atoms with E-state index in [-0.39, 0.29) is 11.7 Å². The van der Waals surface area contributed by atoms with Gasteiger partial charge in [-0.05, 0) is 12.6 Å². The fourth-order valence-electron chi connectivity index (χ4n) is 2.35. The van der Waals surface area contributed by atoms with Gasteiger partial charge in [-0.1, -0.05) is 19.1 Å². The lowest BCUT2D eigenvalue weighted by Crippen LogP contribution is -2.45. The van der Waals surface area contributed by atoms with Crippen LogP contribution in [-0.4, -0.2) is 48.4 Å². The number of nitrogen functional groups attached to an aromatic ring is 1. The second kappa shape index (κ2) is 6.12. The van der Waals surface area contributed by atoms with Gasteiger partial charge in [0.2, 0.25) is 0 Å². The van der Waals surface area contributed by atoms with Crippen molar-refractivity contribution >= 4 is 5.84 Å². The lowest BCUT2D eigenvalue weighted by Gasteiger charge is -2.34. The highest BCUT2D eigenvalue weighted by atomic mass is 19.1. The van der Waals surface area contributed by atoms with Gasteiger partial charge in [-0.15, -0.1) is 0 Å². The summed E-state index contributed by atoms with van der Waals surface area (Å²) in [5, 5.41) is 7.29. The van der Waals surface area contributed by atoms with E-state index in [1.165, 1.54) is 6.07 Å². The van der Waals surface area contributed by atoms with Crippen LogP contribution in [0.3, 0.4) is 0 Å². The van der Waals surface area contributed by atoms with Crippen LogP contribution >= 0.6 is 0 Å².